The van der Waals surface area contributed by atoms with Crippen LogP contribution in [0.2, 0.25) is 0 Å². The van der Waals surface area contributed by atoms with Crippen LogP contribution in [-0.4, -0.2) is 24.8 Å². The van der Waals surface area contributed by atoms with Crippen LogP contribution in [0, 0.1) is 5.41 Å². The number of rotatable bonds is 3. The van der Waals surface area contributed by atoms with Crippen molar-refractivity contribution in [2.75, 3.05) is 24.6 Å². The smallest absolute Gasteiger partial charge is 0.0504 e. The average molecular weight is 259 g/mol. The third-order valence-electron chi connectivity index (χ3n) is 4.98. The van der Waals surface area contributed by atoms with E-state index in [0.29, 0.717) is 6.61 Å². The number of aliphatic hydroxyl groups is 1. The molecule has 2 aliphatic rings. The molecule has 0 saturated heterocycles. The molecule has 1 aliphatic heterocycles. The van der Waals surface area contributed by atoms with Gasteiger partial charge in [0, 0.05) is 24.2 Å². The summed E-state index contributed by atoms with van der Waals surface area (Å²) in [6, 6.07) is 8.80. The number of anilines is 1. The Hall–Kier alpha value is -1.02. The van der Waals surface area contributed by atoms with Crippen molar-refractivity contribution < 1.29 is 5.11 Å². The predicted octanol–water partition coefficient (Wildman–Crippen LogP) is 3.38. The van der Waals surface area contributed by atoms with Crippen molar-refractivity contribution in [1.82, 2.24) is 0 Å². The Morgan fingerprint density at radius 3 is 2.63 bits per heavy atom. The van der Waals surface area contributed by atoms with E-state index < -0.39 is 0 Å². The Balaban J connectivity index is 1.79. The van der Waals surface area contributed by atoms with E-state index in [2.05, 4.69) is 29.2 Å². The molecule has 0 atom stereocenters. The zero-order chi connectivity index (χ0) is 13.1. The van der Waals surface area contributed by atoms with Gasteiger partial charge in [0.15, 0.2) is 0 Å². The molecule has 0 bridgehead atoms. The van der Waals surface area contributed by atoms with Crippen molar-refractivity contribution in [3.63, 3.8) is 0 Å². The molecule has 0 unspecified atom stereocenters. The lowest BCUT2D eigenvalue weighted by molar-refractivity contribution is 0.0877. The van der Waals surface area contributed by atoms with Gasteiger partial charge in [0.2, 0.25) is 0 Å². The number of benzene rings is 1. The number of para-hydroxylation sites is 1. The van der Waals surface area contributed by atoms with Crippen LogP contribution in [0.4, 0.5) is 5.69 Å². The molecular formula is C17H25NO. The summed E-state index contributed by atoms with van der Waals surface area (Å²) in [4.78, 5) is 2.53. The van der Waals surface area contributed by atoms with E-state index in [1.54, 1.807) is 0 Å². The maximum atomic E-state index is 9.89. The van der Waals surface area contributed by atoms with Gasteiger partial charge in [-0.2, -0.15) is 0 Å². The fraction of sp³-hybridized carbons (Fsp3) is 0.647. The van der Waals surface area contributed by atoms with Crippen molar-refractivity contribution in [2.45, 2.75) is 44.9 Å². The van der Waals surface area contributed by atoms with E-state index in [0.717, 1.165) is 13.1 Å². The monoisotopic (exact) mass is 259 g/mol. The van der Waals surface area contributed by atoms with Crippen LogP contribution in [-0.2, 0) is 6.42 Å². The Bertz CT molecular complexity index is 423. The molecule has 104 valence electrons. The lowest BCUT2D eigenvalue weighted by Crippen LogP contribution is -2.43. The SMILES string of the molecule is OCC1(CN2CCCc3ccccc32)CCCCC1. The predicted molar refractivity (Wildman–Crippen MR) is 79.6 cm³/mol. The van der Waals surface area contributed by atoms with Gasteiger partial charge in [0.05, 0.1) is 6.61 Å². The number of fused-ring (bicyclic) bond motifs is 1. The van der Waals surface area contributed by atoms with Crippen LogP contribution >= 0.6 is 0 Å². The van der Waals surface area contributed by atoms with Gasteiger partial charge in [0.25, 0.3) is 0 Å². The molecule has 2 nitrogen and oxygen atoms in total. The van der Waals surface area contributed by atoms with Gasteiger partial charge in [-0.15, -0.1) is 0 Å². The van der Waals surface area contributed by atoms with E-state index in [-0.39, 0.29) is 5.41 Å². The van der Waals surface area contributed by atoms with Crippen molar-refractivity contribution >= 4 is 5.69 Å². The first-order valence-corrected chi connectivity index (χ1v) is 7.77. The minimum atomic E-state index is 0.155. The molecule has 1 fully saturated rings. The second-order valence-electron chi connectivity index (χ2n) is 6.37. The summed E-state index contributed by atoms with van der Waals surface area (Å²) in [6.45, 7) is 2.55. The molecule has 3 rings (SSSR count). The lowest BCUT2D eigenvalue weighted by Gasteiger charge is -2.42. The van der Waals surface area contributed by atoms with Gasteiger partial charge in [-0.1, -0.05) is 37.5 Å². The third kappa shape index (κ3) is 2.64. The number of nitrogens with zero attached hydrogens (tertiary/aromatic N) is 1. The maximum Gasteiger partial charge on any atom is 0.0504 e. The summed E-state index contributed by atoms with van der Waals surface area (Å²) in [6.07, 6.45) is 8.77. The van der Waals surface area contributed by atoms with Gasteiger partial charge >= 0.3 is 0 Å². The fourth-order valence-electron chi connectivity index (χ4n) is 3.85. The summed E-state index contributed by atoms with van der Waals surface area (Å²) in [5.74, 6) is 0. The normalized spacial score (nSPS) is 22.1. The summed E-state index contributed by atoms with van der Waals surface area (Å²) >= 11 is 0. The molecule has 1 aromatic rings. The number of aryl methyl sites for hydroxylation is 1. The molecule has 1 aromatic carbocycles. The maximum absolute atomic E-state index is 9.89. The Kier molecular flexibility index (Phi) is 3.79. The highest BCUT2D eigenvalue weighted by Crippen LogP contribution is 2.39. The first kappa shape index (κ1) is 13.0. The summed E-state index contributed by atoms with van der Waals surface area (Å²) in [5.41, 5.74) is 3.05. The zero-order valence-corrected chi connectivity index (χ0v) is 11.8. The van der Waals surface area contributed by atoms with Crippen LogP contribution < -0.4 is 4.90 Å². The molecule has 0 aromatic heterocycles. The van der Waals surface area contributed by atoms with Crippen molar-refractivity contribution in [2.24, 2.45) is 5.41 Å². The molecule has 1 saturated carbocycles. The molecule has 19 heavy (non-hydrogen) atoms. The van der Waals surface area contributed by atoms with E-state index in [1.807, 2.05) is 0 Å². The second kappa shape index (κ2) is 5.54. The van der Waals surface area contributed by atoms with E-state index in [1.165, 1.54) is 56.2 Å². The quantitative estimate of drug-likeness (QED) is 0.899. The van der Waals surface area contributed by atoms with E-state index >= 15 is 0 Å². The summed E-state index contributed by atoms with van der Waals surface area (Å²) < 4.78 is 0. The van der Waals surface area contributed by atoms with Crippen molar-refractivity contribution in [3.8, 4) is 0 Å². The Morgan fingerprint density at radius 2 is 1.84 bits per heavy atom. The van der Waals surface area contributed by atoms with Gasteiger partial charge in [-0.05, 0) is 37.3 Å². The molecule has 0 radical (unpaired) electrons. The highest BCUT2D eigenvalue weighted by Gasteiger charge is 2.34. The van der Waals surface area contributed by atoms with Crippen LogP contribution in [0.3, 0.4) is 0 Å². The van der Waals surface area contributed by atoms with Gasteiger partial charge < -0.3 is 10.0 Å². The molecule has 0 amide bonds. The molecule has 1 aliphatic carbocycles. The molecule has 1 N–H and O–H groups in total. The first-order valence-electron chi connectivity index (χ1n) is 7.77. The topological polar surface area (TPSA) is 23.5 Å². The van der Waals surface area contributed by atoms with Gasteiger partial charge in [0.1, 0.15) is 0 Å². The number of aliphatic hydroxyl groups excluding tert-OH is 1. The number of hydrogen-bond donors (Lipinski definition) is 1. The van der Waals surface area contributed by atoms with Crippen LogP contribution in [0.15, 0.2) is 24.3 Å². The van der Waals surface area contributed by atoms with E-state index in [4.69, 9.17) is 0 Å². The van der Waals surface area contributed by atoms with Crippen molar-refractivity contribution in [1.29, 1.82) is 0 Å². The van der Waals surface area contributed by atoms with Crippen LogP contribution in [0.5, 0.6) is 0 Å². The molecule has 1 heterocycles. The Labute approximate surface area is 116 Å². The van der Waals surface area contributed by atoms with E-state index in [9.17, 15) is 5.11 Å². The third-order valence-corrected chi connectivity index (χ3v) is 4.98. The van der Waals surface area contributed by atoms with Gasteiger partial charge in [-0.3, -0.25) is 0 Å². The highest BCUT2D eigenvalue weighted by molar-refractivity contribution is 5.55. The van der Waals surface area contributed by atoms with Gasteiger partial charge in [-0.25, -0.2) is 0 Å². The minimum Gasteiger partial charge on any atom is -0.396 e. The average Bonchev–Trinajstić information content (AvgIpc) is 2.49. The molecule has 2 heteroatoms. The summed E-state index contributed by atoms with van der Waals surface area (Å²) in [5, 5.41) is 9.89. The zero-order valence-electron chi connectivity index (χ0n) is 11.8. The Morgan fingerprint density at radius 1 is 1.05 bits per heavy atom. The lowest BCUT2D eigenvalue weighted by atomic mass is 9.74. The molecule has 0 spiro atoms. The highest BCUT2D eigenvalue weighted by atomic mass is 16.3. The largest absolute Gasteiger partial charge is 0.396 e. The first-order chi connectivity index (χ1) is 9.33. The standard InChI is InChI=1S/C17H25NO/c19-14-17(10-4-1-5-11-17)13-18-12-6-8-15-7-2-3-9-16(15)18/h2-3,7,9,19H,1,4-6,8,10-14H2. The van der Waals surface area contributed by atoms with Crippen molar-refractivity contribution in [3.05, 3.63) is 29.8 Å². The number of hydrogen-bond acceptors (Lipinski definition) is 2. The molecular weight excluding hydrogens is 234 g/mol. The van der Waals surface area contributed by atoms with Crippen LogP contribution in [0.25, 0.3) is 0 Å². The second-order valence-corrected chi connectivity index (χ2v) is 6.37. The van der Waals surface area contributed by atoms with Crippen LogP contribution in [0.1, 0.15) is 44.1 Å². The summed E-state index contributed by atoms with van der Waals surface area (Å²) in [7, 11) is 0. The minimum absolute atomic E-state index is 0.155. The fourth-order valence-corrected chi connectivity index (χ4v) is 3.85.